The van der Waals surface area contributed by atoms with Crippen molar-refractivity contribution >= 4 is 21.8 Å². The first kappa shape index (κ1) is 13.9. The van der Waals surface area contributed by atoms with E-state index in [2.05, 4.69) is 50.5 Å². The fourth-order valence-corrected chi connectivity index (χ4v) is 1.57. The van der Waals surface area contributed by atoms with Crippen LogP contribution in [-0.4, -0.2) is 28.2 Å². The minimum atomic E-state index is -0.0450. The molecule has 0 fully saturated rings. The van der Waals surface area contributed by atoms with Gasteiger partial charge >= 0.3 is 0 Å². The number of hydrogen-bond donors (Lipinski definition) is 0. The monoisotopic (exact) mass is 263 g/mol. The van der Waals surface area contributed by atoms with Gasteiger partial charge in [0.25, 0.3) is 0 Å². The van der Waals surface area contributed by atoms with Gasteiger partial charge in [0, 0.05) is 12.6 Å². The highest BCUT2D eigenvalue weighted by atomic mass is 79.9. The molecule has 14 heavy (non-hydrogen) atoms. The van der Waals surface area contributed by atoms with E-state index in [4.69, 9.17) is 0 Å². The minimum absolute atomic E-state index is 0.0450. The summed E-state index contributed by atoms with van der Waals surface area (Å²) >= 11 is 3.46. The fourth-order valence-electron chi connectivity index (χ4n) is 1.31. The largest absolute Gasteiger partial charge is 0.339 e. The highest BCUT2D eigenvalue weighted by Gasteiger charge is 2.25. The van der Waals surface area contributed by atoms with Gasteiger partial charge in [0.05, 0.1) is 4.83 Å². The summed E-state index contributed by atoms with van der Waals surface area (Å²) in [6, 6.07) is 0.293. The molecule has 84 valence electrons. The Morgan fingerprint density at radius 3 is 2.07 bits per heavy atom. The zero-order valence-electron chi connectivity index (χ0n) is 9.88. The van der Waals surface area contributed by atoms with Gasteiger partial charge in [-0.25, -0.2) is 0 Å². The number of alkyl halides is 1. The molecule has 0 radical (unpaired) electrons. The molecule has 0 N–H and O–H groups in total. The Kier molecular flexibility index (Phi) is 6.41. The van der Waals surface area contributed by atoms with Crippen molar-refractivity contribution in [1.82, 2.24) is 4.90 Å². The first-order valence-electron chi connectivity index (χ1n) is 5.36. The molecule has 0 bridgehead atoms. The molecule has 0 saturated heterocycles. The van der Waals surface area contributed by atoms with Crippen molar-refractivity contribution < 1.29 is 4.79 Å². The van der Waals surface area contributed by atoms with Gasteiger partial charge in [-0.3, -0.25) is 4.79 Å². The van der Waals surface area contributed by atoms with Crippen LogP contribution in [0.3, 0.4) is 0 Å². The highest BCUT2D eigenvalue weighted by Crippen LogP contribution is 2.16. The van der Waals surface area contributed by atoms with Crippen molar-refractivity contribution in [3.8, 4) is 0 Å². The molecule has 0 spiro atoms. The summed E-state index contributed by atoms with van der Waals surface area (Å²) in [6.45, 7) is 11.2. The van der Waals surface area contributed by atoms with Gasteiger partial charge < -0.3 is 4.90 Å². The second kappa shape index (κ2) is 6.44. The highest BCUT2D eigenvalue weighted by molar-refractivity contribution is 9.10. The van der Waals surface area contributed by atoms with E-state index >= 15 is 0 Å². The molecule has 0 aliphatic heterocycles. The summed E-state index contributed by atoms with van der Waals surface area (Å²) in [7, 11) is 0. The van der Waals surface area contributed by atoms with Crippen LogP contribution in [-0.2, 0) is 4.79 Å². The topological polar surface area (TPSA) is 20.3 Å². The Balaban J connectivity index is 4.43. The lowest BCUT2D eigenvalue weighted by Gasteiger charge is -2.29. The molecule has 1 amide bonds. The number of hydrogen-bond acceptors (Lipinski definition) is 1. The molecular weight excluding hydrogens is 242 g/mol. The van der Waals surface area contributed by atoms with Crippen LogP contribution in [0.5, 0.6) is 0 Å². The van der Waals surface area contributed by atoms with E-state index in [1.165, 1.54) is 0 Å². The molecule has 1 unspecified atom stereocenters. The Bertz CT molecular complexity index is 180. The molecule has 0 heterocycles. The van der Waals surface area contributed by atoms with Crippen molar-refractivity contribution in [2.24, 2.45) is 5.92 Å². The Labute approximate surface area is 96.2 Å². The van der Waals surface area contributed by atoms with Crippen molar-refractivity contribution in [3.05, 3.63) is 0 Å². The maximum absolute atomic E-state index is 12.0. The third-order valence-corrected chi connectivity index (χ3v) is 3.64. The number of nitrogens with zero attached hydrogens (tertiary/aromatic N) is 1. The molecule has 0 aliphatic carbocycles. The van der Waals surface area contributed by atoms with E-state index in [0.717, 1.165) is 13.0 Å². The standard InChI is InChI=1S/C11H22BrNO/c1-6-7-13(9(4)5)11(14)10(12)8(2)3/h8-10H,6-7H2,1-5H3. The summed E-state index contributed by atoms with van der Waals surface area (Å²) < 4.78 is 0. The SMILES string of the molecule is CCCN(C(=O)C(Br)C(C)C)C(C)C. The van der Waals surface area contributed by atoms with Crippen LogP contribution < -0.4 is 0 Å². The van der Waals surface area contributed by atoms with Gasteiger partial charge in [-0.1, -0.05) is 36.7 Å². The Morgan fingerprint density at radius 2 is 1.79 bits per heavy atom. The van der Waals surface area contributed by atoms with E-state index < -0.39 is 0 Å². The van der Waals surface area contributed by atoms with Gasteiger partial charge in [-0.05, 0) is 26.2 Å². The molecule has 0 aliphatic rings. The summed E-state index contributed by atoms with van der Waals surface area (Å²) in [5, 5.41) is 0. The minimum Gasteiger partial charge on any atom is -0.339 e. The van der Waals surface area contributed by atoms with Crippen molar-refractivity contribution in [2.75, 3.05) is 6.54 Å². The lowest BCUT2D eigenvalue weighted by atomic mass is 10.1. The second-order valence-electron chi connectivity index (χ2n) is 4.27. The molecule has 1 atom stereocenters. The van der Waals surface area contributed by atoms with Crippen molar-refractivity contribution in [3.63, 3.8) is 0 Å². The van der Waals surface area contributed by atoms with Crippen molar-refractivity contribution in [2.45, 2.75) is 51.9 Å². The lowest BCUT2D eigenvalue weighted by molar-refractivity contribution is -0.132. The zero-order chi connectivity index (χ0) is 11.3. The summed E-state index contributed by atoms with van der Waals surface area (Å²) in [4.78, 5) is 13.9. The van der Waals surface area contributed by atoms with Gasteiger partial charge in [-0.2, -0.15) is 0 Å². The zero-order valence-corrected chi connectivity index (χ0v) is 11.5. The molecular formula is C11H22BrNO. The average molecular weight is 264 g/mol. The van der Waals surface area contributed by atoms with Crippen LogP contribution in [0.2, 0.25) is 0 Å². The maximum atomic E-state index is 12.0. The third-order valence-electron chi connectivity index (χ3n) is 2.19. The smallest absolute Gasteiger partial charge is 0.236 e. The molecule has 0 rings (SSSR count). The summed E-state index contributed by atoms with van der Waals surface area (Å²) in [5.41, 5.74) is 0. The average Bonchev–Trinajstić information content (AvgIpc) is 2.11. The maximum Gasteiger partial charge on any atom is 0.236 e. The van der Waals surface area contributed by atoms with E-state index in [9.17, 15) is 4.79 Å². The third kappa shape index (κ3) is 3.99. The summed E-state index contributed by atoms with van der Waals surface area (Å²) in [5.74, 6) is 0.567. The fraction of sp³-hybridized carbons (Fsp3) is 0.909. The van der Waals surface area contributed by atoms with Gasteiger partial charge in [-0.15, -0.1) is 0 Å². The molecule has 2 nitrogen and oxygen atoms in total. The Morgan fingerprint density at radius 1 is 1.29 bits per heavy atom. The normalized spacial score (nSPS) is 13.4. The lowest BCUT2D eigenvalue weighted by Crippen LogP contribution is -2.43. The molecule has 0 aromatic carbocycles. The number of rotatable bonds is 5. The van der Waals surface area contributed by atoms with Crippen LogP contribution in [0.25, 0.3) is 0 Å². The van der Waals surface area contributed by atoms with E-state index in [1.807, 2.05) is 4.90 Å². The molecule has 0 aromatic heterocycles. The van der Waals surface area contributed by atoms with Crippen LogP contribution in [0.1, 0.15) is 41.0 Å². The van der Waals surface area contributed by atoms with Crippen LogP contribution in [0.4, 0.5) is 0 Å². The Hall–Kier alpha value is -0.0500. The number of carbonyl (C=O) groups is 1. The predicted molar refractivity (Wildman–Crippen MR) is 64.7 cm³/mol. The number of amides is 1. The van der Waals surface area contributed by atoms with Crippen LogP contribution >= 0.6 is 15.9 Å². The first-order valence-corrected chi connectivity index (χ1v) is 6.27. The first-order chi connectivity index (χ1) is 6.41. The molecule has 3 heteroatoms. The van der Waals surface area contributed by atoms with Crippen LogP contribution in [0, 0.1) is 5.92 Å². The number of halogens is 1. The van der Waals surface area contributed by atoms with Crippen molar-refractivity contribution in [1.29, 1.82) is 0 Å². The van der Waals surface area contributed by atoms with E-state index in [1.54, 1.807) is 0 Å². The molecule has 0 saturated carbocycles. The van der Waals surface area contributed by atoms with Gasteiger partial charge in [0.1, 0.15) is 0 Å². The van der Waals surface area contributed by atoms with Gasteiger partial charge in [0.15, 0.2) is 0 Å². The van der Waals surface area contributed by atoms with Gasteiger partial charge in [0.2, 0.25) is 5.91 Å². The van der Waals surface area contributed by atoms with Crippen LogP contribution in [0.15, 0.2) is 0 Å². The van der Waals surface area contributed by atoms with E-state index in [0.29, 0.717) is 12.0 Å². The predicted octanol–water partition coefficient (Wildman–Crippen LogP) is 3.05. The summed E-state index contributed by atoms with van der Waals surface area (Å²) in [6.07, 6.45) is 1.02. The quantitative estimate of drug-likeness (QED) is 0.699. The number of carbonyl (C=O) groups excluding carboxylic acids is 1. The van der Waals surface area contributed by atoms with E-state index in [-0.39, 0.29) is 10.7 Å². The molecule has 0 aromatic rings. The second-order valence-corrected chi connectivity index (χ2v) is 5.26.